The quantitative estimate of drug-likeness (QED) is 0.540. The summed E-state index contributed by atoms with van der Waals surface area (Å²) < 4.78 is 0. The van der Waals surface area contributed by atoms with E-state index < -0.39 is 0 Å². The molecule has 0 radical (unpaired) electrons. The molecule has 1 aromatic carbocycles. The summed E-state index contributed by atoms with van der Waals surface area (Å²) in [6.07, 6.45) is 0.879. The van der Waals surface area contributed by atoms with Gasteiger partial charge >= 0.3 is 26.2 Å². The predicted molar refractivity (Wildman–Crippen MR) is 43.7 cm³/mol. The van der Waals surface area contributed by atoms with Crippen molar-refractivity contribution in [1.82, 2.24) is 0 Å². The molecule has 2 N–H and O–H groups in total. The zero-order valence-electron chi connectivity index (χ0n) is 6.63. The molecule has 0 bridgehead atoms. The van der Waals surface area contributed by atoms with Crippen molar-refractivity contribution < 1.29 is 51.0 Å². The predicted octanol–water partition coefficient (Wildman–Crippen LogP) is -6.60. The molecule has 1 aromatic rings. The third-order valence-electron chi connectivity index (χ3n) is 1.28. The van der Waals surface area contributed by atoms with Crippen molar-refractivity contribution in [3.05, 3.63) is 30.3 Å². The van der Waals surface area contributed by atoms with E-state index >= 15 is 0 Å². The maximum absolute atomic E-state index is 5.42. The molecular formula is C7H11Cl2NSiZr. The van der Waals surface area contributed by atoms with Gasteiger partial charge < -0.3 is 30.5 Å². The second-order valence-electron chi connectivity index (χ2n) is 2.02. The van der Waals surface area contributed by atoms with Crippen LogP contribution in [0.1, 0.15) is 0 Å². The Morgan fingerprint density at radius 1 is 1.08 bits per heavy atom. The van der Waals surface area contributed by atoms with Crippen LogP contribution in [0.3, 0.4) is 0 Å². The molecule has 0 unspecified atom stereocenters. The van der Waals surface area contributed by atoms with Crippen molar-refractivity contribution in [1.29, 1.82) is 0 Å². The fraction of sp³-hybridized carbons (Fsp3) is 0.143. The largest absolute Gasteiger partial charge is 2.00 e. The summed E-state index contributed by atoms with van der Waals surface area (Å²) in [5.74, 6) is 0. The van der Waals surface area contributed by atoms with Gasteiger partial charge in [0.1, 0.15) is 0 Å². The normalized spacial score (nSPS) is 8.08. The van der Waals surface area contributed by atoms with Crippen LogP contribution >= 0.6 is 0 Å². The molecule has 0 aliphatic heterocycles. The summed E-state index contributed by atoms with van der Waals surface area (Å²) in [6, 6.07) is 10.5. The number of halogens is 2. The first-order valence-corrected chi connectivity index (χ1v) is 4.88. The average molecular weight is 299 g/mol. The summed E-state index contributed by atoms with van der Waals surface area (Å²) in [4.78, 5) is 0. The van der Waals surface area contributed by atoms with Crippen molar-refractivity contribution in [2.45, 2.75) is 0 Å². The van der Waals surface area contributed by atoms with Crippen LogP contribution in [-0.4, -0.2) is 15.7 Å². The molecule has 0 spiro atoms. The van der Waals surface area contributed by atoms with Crippen molar-refractivity contribution in [3.8, 4) is 0 Å². The Morgan fingerprint density at radius 2 is 1.58 bits per heavy atom. The van der Waals surface area contributed by atoms with Crippen LogP contribution in [0, 0.1) is 0 Å². The van der Waals surface area contributed by atoms with E-state index in [0.29, 0.717) is 0 Å². The number of rotatable bonds is 2. The Labute approximate surface area is 107 Å². The Bertz CT molecular complexity index is 174. The summed E-state index contributed by atoms with van der Waals surface area (Å²) in [5.41, 5.74) is 5.42. The summed E-state index contributed by atoms with van der Waals surface area (Å²) in [7, 11) is -0.123. The fourth-order valence-corrected chi connectivity index (χ4v) is 1.75. The first-order valence-electron chi connectivity index (χ1n) is 3.17. The Morgan fingerprint density at radius 3 is 2.00 bits per heavy atom. The molecule has 0 saturated carbocycles. The van der Waals surface area contributed by atoms with Gasteiger partial charge in [0.05, 0.1) is 9.52 Å². The first-order chi connectivity index (χ1) is 4.43. The van der Waals surface area contributed by atoms with Crippen LogP contribution in [0.25, 0.3) is 0 Å². The van der Waals surface area contributed by atoms with E-state index in [-0.39, 0.29) is 60.5 Å². The number of hydrogen-bond acceptors (Lipinski definition) is 1. The van der Waals surface area contributed by atoms with Crippen molar-refractivity contribution >= 4 is 14.7 Å². The zero-order chi connectivity index (χ0) is 6.53. The van der Waals surface area contributed by atoms with Gasteiger partial charge in [-0.3, -0.25) is 0 Å². The number of hydrogen-bond donors (Lipinski definition) is 1. The van der Waals surface area contributed by atoms with Gasteiger partial charge in [-0.2, -0.15) is 0 Å². The topological polar surface area (TPSA) is 26.0 Å². The molecular weight excluding hydrogens is 288 g/mol. The van der Waals surface area contributed by atoms with Crippen LogP contribution in [0.2, 0.25) is 0 Å². The molecule has 0 saturated heterocycles. The van der Waals surface area contributed by atoms with Crippen molar-refractivity contribution in [2.75, 3.05) is 6.17 Å². The van der Waals surface area contributed by atoms with Gasteiger partial charge in [0.25, 0.3) is 0 Å². The average Bonchev–Trinajstić information content (AvgIpc) is 1.91. The molecule has 0 fully saturated rings. The molecule has 0 aromatic heterocycles. The SMILES string of the molecule is NC[SiH2]c1ccccc1.[Cl-].[Cl-].[Zr+2]. The van der Waals surface area contributed by atoms with E-state index in [1.54, 1.807) is 0 Å². The van der Waals surface area contributed by atoms with Gasteiger partial charge in [0, 0.05) is 0 Å². The van der Waals surface area contributed by atoms with Gasteiger partial charge in [-0.05, 0) is 6.17 Å². The van der Waals surface area contributed by atoms with Crippen molar-refractivity contribution in [2.24, 2.45) is 5.73 Å². The molecule has 0 heterocycles. The van der Waals surface area contributed by atoms with Crippen LogP contribution in [0.5, 0.6) is 0 Å². The minimum absolute atomic E-state index is 0. The maximum Gasteiger partial charge on any atom is 2.00 e. The zero-order valence-corrected chi connectivity index (χ0v) is 12.0. The summed E-state index contributed by atoms with van der Waals surface area (Å²) in [6.45, 7) is 0. The molecule has 0 aliphatic rings. The monoisotopic (exact) mass is 297 g/mol. The third-order valence-corrected chi connectivity index (χ3v) is 2.61. The minimum atomic E-state index is -0.123. The second kappa shape index (κ2) is 11.9. The van der Waals surface area contributed by atoms with E-state index in [2.05, 4.69) is 24.3 Å². The van der Waals surface area contributed by atoms with Gasteiger partial charge in [0.2, 0.25) is 0 Å². The van der Waals surface area contributed by atoms with Crippen LogP contribution in [0.4, 0.5) is 0 Å². The molecule has 0 aliphatic carbocycles. The minimum Gasteiger partial charge on any atom is -1.00 e. The first kappa shape index (κ1) is 18.6. The van der Waals surface area contributed by atoms with Crippen molar-refractivity contribution in [3.63, 3.8) is 0 Å². The van der Waals surface area contributed by atoms with E-state index in [1.807, 2.05) is 6.07 Å². The van der Waals surface area contributed by atoms with E-state index in [4.69, 9.17) is 5.73 Å². The van der Waals surface area contributed by atoms with Crippen LogP contribution in [0.15, 0.2) is 30.3 Å². The molecule has 1 rings (SSSR count). The van der Waals surface area contributed by atoms with E-state index in [9.17, 15) is 0 Å². The van der Waals surface area contributed by atoms with Gasteiger partial charge in [-0.25, -0.2) is 0 Å². The van der Waals surface area contributed by atoms with Gasteiger partial charge in [-0.15, -0.1) is 0 Å². The Balaban J connectivity index is -0.000000270. The van der Waals surface area contributed by atoms with E-state index in [0.717, 1.165) is 6.17 Å². The number of nitrogens with two attached hydrogens (primary N) is 1. The molecule has 0 atom stereocenters. The smallest absolute Gasteiger partial charge is 1.00 e. The maximum atomic E-state index is 5.42. The van der Waals surface area contributed by atoms with Gasteiger partial charge in [0.15, 0.2) is 0 Å². The molecule has 0 amide bonds. The van der Waals surface area contributed by atoms with E-state index in [1.165, 1.54) is 5.19 Å². The molecule has 66 valence electrons. The van der Waals surface area contributed by atoms with Gasteiger partial charge in [-0.1, -0.05) is 35.5 Å². The summed E-state index contributed by atoms with van der Waals surface area (Å²) in [5, 5.41) is 1.46. The second-order valence-corrected chi connectivity index (χ2v) is 3.92. The molecule has 12 heavy (non-hydrogen) atoms. The van der Waals surface area contributed by atoms with Crippen LogP contribution < -0.4 is 35.7 Å². The Hall–Kier alpha value is 0.860. The third kappa shape index (κ3) is 7.51. The number of benzene rings is 1. The van der Waals surface area contributed by atoms with Crippen LogP contribution in [-0.2, 0) is 26.2 Å². The molecule has 1 nitrogen and oxygen atoms in total. The Kier molecular flexibility index (Phi) is 18.4. The fourth-order valence-electron chi connectivity index (χ4n) is 0.811. The molecule has 5 heteroatoms. The standard InChI is InChI=1S/C7H11NSi.2ClH.Zr/c8-6-9-7-4-2-1-3-5-7;;;/h1-5H,6,8-9H2;2*1H;/q;;;+2/p-2. The summed E-state index contributed by atoms with van der Waals surface area (Å²) >= 11 is 0.